The highest BCUT2D eigenvalue weighted by Crippen LogP contribution is 2.32. The van der Waals surface area contributed by atoms with E-state index in [1.807, 2.05) is 0 Å². The topological polar surface area (TPSA) is 21.6 Å². The van der Waals surface area contributed by atoms with Crippen LogP contribution in [0.2, 0.25) is 0 Å². The Balaban J connectivity index is 1.50. The second-order valence-electron chi connectivity index (χ2n) is 6.42. The third kappa shape index (κ3) is 4.69. The maximum absolute atomic E-state index is 5.32. The normalized spacial score (nSPS) is 15.9. The fraction of sp³-hybridized carbons (Fsp3) is 0.381. The molecule has 1 aliphatic carbocycles. The van der Waals surface area contributed by atoms with E-state index in [9.17, 15) is 0 Å². The molecule has 2 nitrogen and oxygen atoms in total. The van der Waals surface area contributed by atoms with Gasteiger partial charge in [0.25, 0.3) is 0 Å². The predicted octanol–water partition coefficient (Wildman–Crippen LogP) is 5.47. The first-order valence-corrected chi connectivity index (χ1v) is 8.55. The summed E-state index contributed by atoms with van der Waals surface area (Å²) >= 11 is 0. The van der Waals surface area contributed by atoms with Gasteiger partial charge in [-0.25, -0.2) is 0 Å². The minimum absolute atomic E-state index is 0.480. The van der Waals surface area contributed by atoms with Crippen molar-refractivity contribution in [3.05, 3.63) is 70.8 Å². The zero-order chi connectivity index (χ0) is 15.9. The Bertz CT molecular complexity index is 622. The van der Waals surface area contributed by atoms with Gasteiger partial charge in [-0.2, -0.15) is 0 Å². The van der Waals surface area contributed by atoms with Crippen LogP contribution in [0.25, 0.3) is 0 Å². The third-order valence-electron chi connectivity index (χ3n) is 4.58. The van der Waals surface area contributed by atoms with Crippen molar-refractivity contribution < 1.29 is 4.84 Å². The van der Waals surface area contributed by atoms with Crippen LogP contribution in [0.5, 0.6) is 0 Å². The minimum atomic E-state index is 0.480. The van der Waals surface area contributed by atoms with Crippen LogP contribution in [0, 0.1) is 6.92 Å². The van der Waals surface area contributed by atoms with Crippen molar-refractivity contribution in [3.63, 3.8) is 0 Å². The van der Waals surface area contributed by atoms with Gasteiger partial charge in [0.1, 0.15) is 12.8 Å². The highest BCUT2D eigenvalue weighted by molar-refractivity contribution is 5.79. The van der Waals surface area contributed by atoms with E-state index < -0.39 is 0 Å². The summed E-state index contributed by atoms with van der Waals surface area (Å²) in [6.07, 6.45) is 9.75. The van der Waals surface area contributed by atoms with E-state index in [1.165, 1.54) is 43.2 Å². The zero-order valence-electron chi connectivity index (χ0n) is 13.8. The molecule has 0 amide bonds. The molecule has 1 fully saturated rings. The molecule has 0 atom stereocenters. The SMILES string of the molecule is Cc1ccc(CO/N=[C]\c2ccc(C3CCCCC3)cc2)cc1. The molecule has 0 saturated heterocycles. The van der Waals surface area contributed by atoms with Crippen molar-refractivity contribution >= 4 is 6.21 Å². The van der Waals surface area contributed by atoms with E-state index in [1.54, 1.807) is 0 Å². The average Bonchev–Trinajstić information content (AvgIpc) is 2.62. The molecule has 2 aromatic carbocycles. The first-order valence-electron chi connectivity index (χ1n) is 8.55. The van der Waals surface area contributed by atoms with Crippen LogP contribution < -0.4 is 0 Å². The number of hydrogen-bond acceptors (Lipinski definition) is 2. The largest absolute Gasteiger partial charge is 0.390 e. The van der Waals surface area contributed by atoms with E-state index in [-0.39, 0.29) is 0 Å². The van der Waals surface area contributed by atoms with Crippen LogP contribution in [-0.2, 0) is 11.4 Å². The Morgan fingerprint density at radius 3 is 2.35 bits per heavy atom. The lowest BCUT2D eigenvalue weighted by Gasteiger charge is -2.21. The van der Waals surface area contributed by atoms with Gasteiger partial charge in [-0.15, -0.1) is 0 Å². The zero-order valence-corrected chi connectivity index (χ0v) is 13.8. The van der Waals surface area contributed by atoms with Gasteiger partial charge >= 0.3 is 0 Å². The molecule has 119 valence electrons. The lowest BCUT2D eigenvalue weighted by Crippen LogP contribution is -2.04. The Morgan fingerprint density at radius 2 is 1.65 bits per heavy atom. The highest BCUT2D eigenvalue weighted by Gasteiger charge is 2.14. The average molecular weight is 306 g/mol. The van der Waals surface area contributed by atoms with Gasteiger partial charge in [-0.05, 0) is 36.8 Å². The molecule has 1 aliphatic rings. The first-order chi connectivity index (χ1) is 11.3. The predicted molar refractivity (Wildman–Crippen MR) is 94.8 cm³/mol. The molecule has 0 aromatic heterocycles. The van der Waals surface area contributed by atoms with E-state index >= 15 is 0 Å². The van der Waals surface area contributed by atoms with E-state index in [2.05, 4.69) is 66.8 Å². The second kappa shape index (κ2) is 7.96. The molecule has 1 saturated carbocycles. The van der Waals surface area contributed by atoms with Gasteiger partial charge in [0.15, 0.2) is 0 Å². The monoisotopic (exact) mass is 306 g/mol. The van der Waals surface area contributed by atoms with Gasteiger partial charge in [0, 0.05) is 5.56 Å². The summed E-state index contributed by atoms with van der Waals surface area (Å²) in [7, 11) is 0. The van der Waals surface area contributed by atoms with Crippen molar-refractivity contribution in [2.75, 3.05) is 0 Å². The molecule has 0 aliphatic heterocycles. The van der Waals surface area contributed by atoms with E-state index in [0.717, 1.165) is 17.0 Å². The maximum Gasteiger partial charge on any atom is 0.142 e. The number of nitrogens with zero attached hydrogens (tertiary/aromatic N) is 1. The lowest BCUT2D eigenvalue weighted by atomic mass is 9.84. The van der Waals surface area contributed by atoms with Gasteiger partial charge < -0.3 is 4.84 Å². The van der Waals surface area contributed by atoms with Crippen LogP contribution in [-0.4, -0.2) is 6.21 Å². The molecule has 2 heteroatoms. The van der Waals surface area contributed by atoms with Crippen molar-refractivity contribution in [2.24, 2.45) is 5.16 Å². The van der Waals surface area contributed by atoms with Crippen LogP contribution in [0.1, 0.15) is 60.3 Å². The van der Waals surface area contributed by atoms with Crippen LogP contribution in [0.4, 0.5) is 0 Å². The van der Waals surface area contributed by atoms with Crippen LogP contribution in [0.15, 0.2) is 53.7 Å². The van der Waals surface area contributed by atoms with Crippen molar-refractivity contribution in [1.29, 1.82) is 0 Å². The second-order valence-corrected chi connectivity index (χ2v) is 6.42. The Labute approximate surface area is 139 Å². The molecule has 0 heterocycles. The Kier molecular flexibility index (Phi) is 5.46. The van der Waals surface area contributed by atoms with E-state index in [0.29, 0.717) is 6.61 Å². The van der Waals surface area contributed by atoms with Crippen molar-refractivity contribution in [2.45, 2.75) is 51.6 Å². The summed E-state index contributed by atoms with van der Waals surface area (Å²) in [6, 6.07) is 16.9. The summed E-state index contributed by atoms with van der Waals surface area (Å²) in [5.74, 6) is 0.743. The quantitative estimate of drug-likeness (QED) is 0.530. The van der Waals surface area contributed by atoms with Gasteiger partial charge in [0.2, 0.25) is 0 Å². The van der Waals surface area contributed by atoms with Gasteiger partial charge in [-0.3, -0.25) is 0 Å². The van der Waals surface area contributed by atoms with Crippen LogP contribution in [0.3, 0.4) is 0 Å². The summed E-state index contributed by atoms with van der Waals surface area (Å²) in [5.41, 5.74) is 4.79. The lowest BCUT2D eigenvalue weighted by molar-refractivity contribution is 0.132. The smallest absolute Gasteiger partial charge is 0.142 e. The first kappa shape index (κ1) is 15.8. The number of benzene rings is 2. The molecule has 0 unspecified atom stereocenters. The van der Waals surface area contributed by atoms with Gasteiger partial charge in [0.05, 0.1) is 0 Å². The fourth-order valence-electron chi connectivity index (χ4n) is 3.14. The Morgan fingerprint density at radius 1 is 0.957 bits per heavy atom. The molecule has 1 radical (unpaired) electrons. The highest BCUT2D eigenvalue weighted by atomic mass is 16.6. The molecule has 2 aromatic rings. The fourth-order valence-corrected chi connectivity index (χ4v) is 3.14. The molecule has 23 heavy (non-hydrogen) atoms. The number of hydrogen-bond donors (Lipinski definition) is 0. The molecule has 0 bridgehead atoms. The molecule has 3 rings (SSSR count). The van der Waals surface area contributed by atoms with Crippen molar-refractivity contribution in [1.82, 2.24) is 0 Å². The molecular formula is C21H24NO. The molecular weight excluding hydrogens is 282 g/mol. The summed E-state index contributed by atoms with van der Waals surface area (Å²) in [6.45, 7) is 2.56. The summed E-state index contributed by atoms with van der Waals surface area (Å²) in [5, 5.41) is 3.95. The molecule has 0 N–H and O–H groups in total. The maximum atomic E-state index is 5.32. The van der Waals surface area contributed by atoms with Crippen LogP contribution >= 0.6 is 0 Å². The molecule has 0 spiro atoms. The number of rotatable bonds is 5. The standard InChI is InChI=1S/C21H24NO/c1-17-7-9-19(10-8-17)16-23-22-15-18-11-13-21(14-12-18)20-5-3-2-4-6-20/h7-14,20H,2-6,16H2,1H3. The summed E-state index contributed by atoms with van der Waals surface area (Å²) < 4.78 is 0. The van der Waals surface area contributed by atoms with Crippen molar-refractivity contribution in [3.8, 4) is 0 Å². The third-order valence-corrected chi connectivity index (χ3v) is 4.58. The minimum Gasteiger partial charge on any atom is -0.390 e. The van der Waals surface area contributed by atoms with E-state index in [4.69, 9.17) is 4.84 Å². The van der Waals surface area contributed by atoms with Gasteiger partial charge in [-0.1, -0.05) is 78.5 Å². The Hall–Kier alpha value is -2.09. The number of aryl methyl sites for hydroxylation is 1. The summed E-state index contributed by atoms with van der Waals surface area (Å²) in [4.78, 5) is 5.32.